The van der Waals surface area contributed by atoms with Gasteiger partial charge in [-0.1, -0.05) is 30.3 Å². The Labute approximate surface area is 226 Å². The van der Waals surface area contributed by atoms with Crippen molar-refractivity contribution in [1.29, 1.82) is 5.26 Å². The lowest BCUT2D eigenvalue weighted by Crippen LogP contribution is -2.39. The second-order valence-corrected chi connectivity index (χ2v) is 9.54. The smallest absolute Gasteiger partial charge is 0.306 e. The van der Waals surface area contributed by atoms with Crippen molar-refractivity contribution in [2.45, 2.75) is 38.3 Å². The fourth-order valence-electron chi connectivity index (χ4n) is 4.86. The van der Waals surface area contributed by atoms with Crippen molar-refractivity contribution in [3.8, 4) is 6.07 Å². The normalized spacial score (nSPS) is 16.5. The molecule has 9 nitrogen and oxygen atoms in total. The lowest BCUT2D eigenvalue weighted by Gasteiger charge is -2.25. The number of aryl methyl sites for hydroxylation is 1. The molecule has 0 bridgehead atoms. The van der Waals surface area contributed by atoms with Crippen LogP contribution in [0.5, 0.6) is 0 Å². The molecular formula is C30H30N4O5. The molecule has 9 heteroatoms. The molecule has 39 heavy (non-hydrogen) atoms. The van der Waals surface area contributed by atoms with Gasteiger partial charge in [0.15, 0.2) is 0 Å². The van der Waals surface area contributed by atoms with Crippen LogP contribution >= 0.6 is 0 Å². The van der Waals surface area contributed by atoms with Gasteiger partial charge in [-0.05, 0) is 55.2 Å². The first kappa shape index (κ1) is 27.3. The molecule has 4 rings (SSSR count). The first-order valence-electron chi connectivity index (χ1n) is 12.8. The summed E-state index contributed by atoms with van der Waals surface area (Å²) >= 11 is 0. The Bertz CT molecular complexity index is 1430. The van der Waals surface area contributed by atoms with Crippen LogP contribution in [0.3, 0.4) is 0 Å². The number of pyridine rings is 1. The van der Waals surface area contributed by atoms with Crippen molar-refractivity contribution in [2.75, 3.05) is 19.0 Å². The highest BCUT2D eigenvalue weighted by Crippen LogP contribution is 2.29. The van der Waals surface area contributed by atoms with E-state index < -0.39 is 17.8 Å². The largest absolute Gasteiger partial charge is 0.469 e. The standard InChI is InChI=1S/C30H30N4O5/c1-39-28(36)17-24-16-26(34(30(24)38)15-5-8-21-6-3-2-4-7-21)20-33-19-23(11-14-27(33)35)29(37)32-25-12-9-22(18-31)10-13-25/h2-4,6-7,9-14,19,24,26H,5,8,15-17,20H2,1H3,(H,32,37)/t24-,26-/m0/s1. The number of hydrogen-bond acceptors (Lipinski definition) is 6. The van der Waals surface area contributed by atoms with E-state index in [0.29, 0.717) is 24.2 Å². The van der Waals surface area contributed by atoms with Gasteiger partial charge in [-0.3, -0.25) is 19.2 Å². The number of benzene rings is 2. The van der Waals surface area contributed by atoms with Crippen molar-refractivity contribution < 1.29 is 19.1 Å². The number of hydrogen-bond donors (Lipinski definition) is 1. The van der Waals surface area contributed by atoms with Crippen LogP contribution in [0, 0.1) is 17.2 Å². The van der Waals surface area contributed by atoms with Crippen LogP contribution in [0.2, 0.25) is 0 Å². The quantitative estimate of drug-likeness (QED) is 0.404. The summed E-state index contributed by atoms with van der Waals surface area (Å²) in [5.41, 5.74) is 2.16. The van der Waals surface area contributed by atoms with Gasteiger partial charge in [0, 0.05) is 31.0 Å². The molecule has 200 valence electrons. The van der Waals surface area contributed by atoms with Crippen LogP contribution in [0.15, 0.2) is 77.7 Å². The minimum Gasteiger partial charge on any atom is -0.469 e. The first-order valence-corrected chi connectivity index (χ1v) is 12.8. The number of nitriles is 1. The lowest BCUT2D eigenvalue weighted by molar-refractivity contribution is -0.144. The molecule has 0 saturated carbocycles. The predicted molar refractivity (Wildman–Crippen MR) is 145 cm³/mol. The lowest BCUT2D eigenvalue weighted by atomic mass is 10.0. The summed E-state index contributed by atoms with van der Waals surface area (Å²) in [4.78, 5) is 52.5. The Hall–Kier alpha value is -4.71. The van der Waals surface area contributed by atoms with Gasteiger partial charge in [0.05, 0.1) is 42.7 Å². The number of aromatic nitrogens is 1. The average molecular weight is 527 g/mol. The van der Waals surface area contributed by atoms with Gasteiger partial charge < -0.3 is 19.5 Å². The summed E-state index contributed by atoms with van der Waals surface area (Å²) in [5, 5.41) is 11.7. The van der Waals surface area contributed by atoms with E-state index in [1.807, 2.05) is 36.4 Å². The van der Waals surface area contributed by atoms with Crippen LogP contribution in [0.1, 0.15) is 40.7 Å². The van der Waals surface area contributed by atoms with Gasteiger partial charge in [-0.25, -0.2) is 0 Å². The molecule has 1 N–H and O–H groups in total. The molecule has 0 radical (unpaired) electrons. The van der Waals surface area contributed by atoms with Crippen LogP contribution in [0.4, 0.5) is 5.69 Å². The van der Waals surface area contributed by atoms with Crippen molar-refractivity contribution >= 4 is 23.5 Å². The highest BCUT2D eigenvalue weighted by atomic mass is 16.5. The van der Waals surface area contributed by atoms with E-state index in [-0.39, 0.29) is 36.0 Å². The Morgan fingerprint density at radius 2 is 1.79 bits per heavy atom. The van der Waals surface area contributed by atoms with Gasteiger partial charge in [0.25, 0.3) is 11.5 Å². The number of ether oxygens (including phenoxy) is 1. The van der Waals surface area contributed by atoms with Gasteiger partial charge in [-0.15, -0.1) is 0 Å². The SMILES string of the molecule is COC(=O)C[C@@H]1C[C@@H](Cn2cc(C(=O)Nc3ccc(C#N)cc3)ccc2=O)N(CCCc2ccccc2)C1=O. The minimum absolute atomic E-state index is 0.0110. The number of amides is 2. The van der Waals surface area contributed by atoms with E-state index >= 15 is 0 Å². The Morgan fingerprint density at radius 3 is 2.49 bits per heavy atom. The average Bonchev–Trinajstić information content (AvgIpc) is 3.24. The second-order valence-electron chi connectivity index (χ2n) is 9.54. The summed E-state index contributed by atoms with van der Waals surface area (Å²) in [6, 6.07) is 21.0. The number of carbonyl (C=O) groups excluding carboxylic acids is 3. The zero-order valence-corrected chi connectivity index (χ0v) is 21.7. The molecule has 2 heterocycles. The fourth-order valence-corrected chi connectivity index (χ4v) is 4.86. The van der Waals surface area contributed by atoms with Crippen LogP contribution in [0.25, 0.3) is 0 Å². The number of nitrogens with one attached hydrogen (secondary N) is 1. The number of methoxy groups -OCH3 is 1. The monoisotopic (exact) mass is 526 g/mol. The maximum absolute atomic E-state index is 13.3. The molecule has 1 aliphatic heterocycles. The van der Waals surface area contributed by atoms with Crippen LogP contribution in [-0.2, 0) is 27.3 Å². The third-order valence-corrected chi connectivity index (χ3v) is 6.90. The number of carbonyl (C=O) groups is 3. The molecule has 0 unspecified atom stereocenters. The molecule has 1 saturated heterocycles. The van der Waals surface area contributed by atoms with E-state index in [1.54, 1.807) is 29.2 Å². The van der Waals surface area contributed by atoms with Gasteiger partial charge in [0.2, 0.25) is 5.91 Å². The zero-order valence-electron chi connectivity index (χ0n) is 21.7. The summed E-state index contributed by atoms with van der Waals surface area (Å²) < 4.78 is 6.23. The van der Waals surface area contributed by atoms with E-state index in [0.717, 1.165) is 12.8 Å². The number of likely N-dealkylation sites (tertiary alicyclic amines) is 1. The fraction of sp³-hybridized carbons (Fsp3) is 0.300. The maximum Gasteiger partial charge on any atom is 0.306 e. The summed E-state index contributed by atoms with van der Waals surface area (Å²) in [5.74, 6) is -1.49. The minimum atomic E-state index is -0.516. The molecule has 0 spiro atoms. The van der Waals surface area contributed by atoms with Crippen LogP contribution < -0.4 is 10.9 Å². The highest BCUT2D eigenvalue weighted by Gasteiger charge is 2.40. The van der Waals surface area contributed by atoms with E-state index in [9.17, 15) is 19.2 Å². The molecule has 1 fully saturated rings. The Morgan fingerprint density at radius 1 is 1.05 bits per heavy atom. The third kappa shape index (κ3) is 6.99. The number of nitrogens with zero attached hydrogens (tertiary/aromatic N) is 3. The van der Waals surface area contributed by atoms with Crippen LogP contribution in [-0.4, -0.2) is 46.9 Å². The number of rotatable bonds is 10. The van der Waals surface area contributed by atoms with Crippen molar-refractivity contribution in [3.63, 3.8) is 0 Å². The van der Waals surface area contributed by atoms with Crippen molar-refractivity contribution in [1.82, 2.24) is 9.47 Å². The molecule has 2 atom stereocenters. The van der Waals surface area contributed by atoms with E-state index in [2.05, 4.69) is 5.32 Å². The van der Waals surface area contributed by atoms with Gasteiger partial charge in [0.1, 0.15) is 0 Å². The highest BCUT2D eigenvalue weighted by molar-refractivity contribution is 6.04. The van der Waals surface area contributed by atoms with E-state index in [1.165, 1.54) is 35.6 Å². The van der Waals surface area contributed by atoms with Gasteiger partial charge in [-0.2, -0.15) is 5.26 Å². The predicted octanol–water partition coefficient (Wildman–Crippen LogP) is 3.39. The maximum atomic E-state index is 13.3. The Balaban J connectivity index is 1.49. The first-order chi connectivity index (χ1) is 18.9. The zero-order chi connectivity index (χ0) is 27.8. The topological polar surface area (TPSA) is 122 Å². The summed E-state index contributed by atoms with van der Waals surface area (Å²) in [6.45, 7) is 0.690. The summed E-state index contributed by atoms with van der Waals surface area (Å²) in [7, 11) is 1.30. The molecular weight excluding hydrogens is 496 g/mol. The molecule has 3 aromatic rings. The molecule has 0 aliphatic carbocycles. The number of anilines is 1. The van der Waals surface area contributed by atoms with E-state index in [4.69, 9.17) is 10.00 Å². The Kier molecular flexibility index (Phi) is 8.90. The summed E-state index contributed by atoms with van der Waals surface area (Å²) in [6.07, 6.45) is 3.42. The molecule has 1 aliphatic rings. The van der Waals surface area contributed by atoms with Gasteiger partial charge >= 0.3 is 5.97 Å². The second kappa shape index (κ2) is 12.7. The molecule has 2 aromatic carbocycles. The van der Waals surface area contributed by atoms with Crippen molar-refractivity contribution in [3.05, 3.63) is 100.0 Å². The molecule has 2 amide bonds. The third-order valence-electron chi connectivity index (χ3n) is 6.90. The number of esters is 1. The molecule has 1 aromatic heterocycles. The van der Waals surface area contributed by atoms with Crippen molar-refractivity contribution in [2.24, 2.45) is 5.92 Å².